The summed E-state index contributed by atoms with van der Waals surface area (Å²) in [5.74, 6) is 1.28. The number of fused-ring (bicyclic) bond motifs is 2. The van der Waals surface area contributed by atoms with Crippen molar-refractivity contribution in [3.8, 4) is 23.0 Å². The zero-order valence-corrected chi connectivity index (χ0v) is 30.3. The van der Waals surface area contributed by atoms with Crippen molar-refractivity contribution in [3.63, 3.8) is 0 Å². The summed E-state index contributed by atoms with van der Waals surface area (Å²) in [5, 5.41) is 31.1. The van der Waals surface area contributed by atoms with Gasteiger partial charge < -0.3 is 30.3 Å². The van der Waals surface area contributed by atoms with Crippen LogP contribution in [0.2, 0.25) is 10.0 Å². The molecule has 5 aromatic carbocycles. The van der Waals surface area contributed by atoms with E-state index in [9.17, 15) is 10.2 Å². The van der Waals surface area contributed by atoms with Gasteiger partial charge in [0, 0.05) is 81.2 Å². The minimum absolute atomic E-state index is 0.0584. The molecule has 10 nitrogen and oxygen atoms in total. The van der Waals surface area contributed by atoms with Crippen molar-refractivity contribution in [1.82, 2.24) is 9.97 Å². The van der Waals surface area contributed by atoms with Crippen molar-refractivity contribution in [2.75, 3.05) is 36.9 Å². The number of benzene rings is 5. The fraction of sp³-hybridized carbons (Fsp3) is 0.0952. The van der Waals surface area contributed by atoms with Crippen molar-refractivity contribution in [2.24, 2.45) is 9.98 Å². The molecule has 2 aromatic heterocycles. The Morgan fingerprint density at radius 2 is 1.04 bits per heavy atom. The van der Waals surface area contributed by atoms with Crippen molar-refractivity contribution < 1.29 is 19.7 Å². The predicted molar refractivity (Wildman–Crippen MR) is 219 cm³/mol. The molecule has 54 heavy (non-hydrogen) atoms. The number of pyridine rings is 2. The van der Waals surface area contributed by atoms with Gasteiger partial charge in [0.1, 0.15) is 36.2 Å². The summed E-state index contributed by atoms with van der Waals surface area (Å²) in [6, 6.07) is 32.3. The Kier molecular flexibility index (Phi) is 11.3. The number of nitrogens with zero attached hydrogens (tertiary/aromatic N) is 4. The van der Waals surface area contributed by atoms with E-state index in [0.29, 0.717) is 70.3 Å². The molecule has 0 bridgehead atoms. The molecule has 12 heteroatoms. The molecule has 2 heterocycles. The van der Waals surface area contributed by atoms with E-state index in [1.807, 2.05) is 72.8 Å². The number of nitrogens with one attached hydrogen (secondary N) is 2. The average Bonchev–Trinajstić information content (AvgIpc) is 3.18. The van der Waals surface area contributed by atoms with Gasteiger partial charge in [-0.3, -0.25) is 20.0 Å². The number of phenolic OH excluding ortho intramolecular Hbond substituents is 2. The largest absolute Gasteiger partial charge is 0.507 e. The van der Waals surface area contributed by atoms with E-state index < -0.39 is 0 Å². The quantitative estimate of drug-likeness (QED) is 0.0637. The maximum atomic E-state index is 10.6. The van der Waals surface area contributed by atoms with Crippen molar-refractivity contribution in [2.45, 2.75) is 0 Å². The number of para-hydroxylation sites is 2. The Bertz CT molecular complexity index is 2320. The van der Waals surface area contributed by atoms with Crippen LogP contribution in [-0.4, -0.2) is 58.9 Å². The molecule has 0 spiro atoms. The summed E-state index contributed by atoms with van der Waals surface area (Å²) in [4.78, 5) is 18.0. The standard InChI is InChI=1S/C42H34Cl2N6O4/c43-29-5-9-33-35(13-15-45-39(33)23-29)47-17-19-53-31-7-11-41(51)27(21-31)25-49-37-3-1-2-4-38(37)50-26-28-22-32(8-12-42(28)52)54-20-18-48-36-14-16-46-40-24-30(44)6-10-34(36)40/h1-16,21-26,51-52H,17-20H2,(H,45,47)(H,46,48). The zero-order valence-electron chi connectivity index (χ0n) is 28.8. The highest BCUT2D eigenvalue weighted by molar-refractivity contribution is 6.31. The number of hydrogen-bond donors (Lipinski definition) is 4. The molecule has 0 amide bonds. The molecule has 270 valence electrons. The van der Waals surface area contributed by atoms with Crippen LogP contribution in [0.1, 0.15) is 11.1 Å². The van der Waals surface area contributed by atoms with E-state index in [4.69, 9.17) is 32.7 Å². The van der Waals surface area contributed by atoms with Crippen LogP contribution in [0, 0.1) is 0 Å². The molecule has 0 fully saturated rings. The van der Waals surface area contributed by atoms with Crippen LogP contribution >= 0.6 is 23.2 Å². The Balaban J connectivity index is 0.956. The van der Waals surface area contributed by atoms with E-state index >= 15 is 0 Å². The lowest BCUT2D eigenvalue weighted by atomic mass is 10.2. The first-order valence-electron chi connectivity index (χ1n) is 17.0. The average molecular weight is 758 g/mol. The number of phenols is 2. The maximum Gasteiger partial charge on any atom is 0.124 e. The third-order valence-corrected chi connectivity index (χ3v) is 8.82. The smallest absolute Gasteiger partial charge is 0.124 e. The van der Waals surface area contributed by atoms with E-state index in [1.54, 1.807) is 61.2 Å². The number of aromatic nitrogens is 2. The lowest BCUT2D eigenvalue weighted by Crippen LogP contribution is -2.12. The monoisotopic (exact) mass is 756 g/mol. The third-order valence-electron chi connectivity index (χ3n) is 8.35. The molecule has 0 atom stereocenters. The van der Waals surface area contributed by atoms with Gasteiger partial charge in [0.05, 0.1) is 22.4 Å². The SMILES string of the molecule is Oc1ccc(OCCNc2ccnc3cc(Cl)ccc23)cc1C=Nc1ccccc1N=Cc1cc(OCCNc2ccnc3cc(Cl)ccc23)ccc1O. The summed E-state index contributed by atoms with van der Waals surface area (Å²) in [6.45, 7) is 1.84. The van der Waals surface area contributed by atoms with Crippen LogP contribution < -0.4 is 20.1 Å². The molecule has 4 N–H and O–H groups in total. The molecule has 0 aliphatic carbocycles. The van der Waals surface area contributed by atoms with Crippen molar-refractivity contribution >= 4 is 80.2 Å². The third kappa shape index (κ3) is 8.98. The normalized spacial score (nSPS) is 11.4. The maximum absolute atomic E-state index is 10.6. The number of ether oxygens (including phenoxy) is 2. The summed E-state index contributed by atoms with van der Waals surface area (Å²) in [6.07, 6.45) is 6.59. The summed E-state index contributed by atoms with van der Waals surface area (Å²) >= 11 is 12.2. The Labute approximate surface area is 321 Å². The van der Waals surface area contributed by atoms with E-state index in [0.717, 1.165) is 33.2 Å². The second kappa shape index (κ2) is 17.0. The molecule has 0 saturated heterocycles. The van der Waals surface area contributed by atoms with Crippen LogP contribution in [-0.2, 0) is 0 Å². The molecule has 0 aliphatic heterocycles. The Morgan fingerprint density at radius 1 is 0.574 bits per heavy atom. The zero-order chi connectivity index (χ0) is 37.3. The molecule has 0 unspecified atom stereocenters. The van der Waals surface area contributed by atoms with E-state index in [1.165, 1.54) is 0 Å². The highest BCUT2D eigenvalue weighted by Gasteiger charge is 2.08. The molecule has 0 radical (unpaired) electrons. The number of hydrogen-bond acceptors (Lipinski definition) is 10. The van der Waals surface area contributed by atoms with Gasteiger partial charge in [-0.2, -0.15) is 0 Å². The second-order valence-electron chi connectivity index (χ2n) is 12.0. The highest BCUT2D eigenvalue weighted by Crippen LogP contribution is 2.31. The fourth-order valence-corrected chi connectivity index (χ4v) is 6.00. The van der Waals surface area contributed by atoms with Crippen LogP contribution in [0.4, 0.5) is 22.7 Å². The van der Waals surface area contributed by atoms with Crippen molar-refractivity contribution in [1.29, 1.82) is 0 Å². The van der Waals surface area contributed by atoms with Gasteiger partial charge in [-0.05, 0) is 97.1 Å². The number of aliphatic imine (C=N–C) groups is 2. The van der Waals surface area contributed by atoms with E-state index in [2.05, 4.69) is 30.6 Å². The highest BCUT2D eigenvalue weighted by atomic mass is 35.5. The molecule has 7 aromatic rings. The molecule has 7 rings (SSSR count). The minimum atomic E-state index is 0.0584. The lowest BCUT2D eigenvalue weighted by Gasteiger charge is -2.11. The van der Waals surface area contributed by atoms with E-state index in [-0.39, 0.29) is 11.5 Å². The first-order chi connectivity index (χ1) is 26.4. The molecular formula is C42H34Cl2N6O4. The van der Waals surface area contributed by atoms with Gasteiger partial charge in [0.25, 0.3) is 0 Å². The van der Waals surface area contributed by atoms with Gasteiger partial charge in [0.2, 0.25) is 0 Å². The van der Waals surface area contributed by atoms with Gasteiger partial charge in [0.15, 0.2) is 0 Å². The first kappa shape index (κ1) is 36.0. The number of rotatable bonds is 14. The molecular weight excluding hydrogens is 723 g/mol. The number of anilines is 2. The molecule has 0 aliphatic rings. The van der Waals surface area contributed by atoms with Gasteiger partial charge in [-0.25, -0.2) is 0 Å². The number of halogens is 2. The lowest BCUT2D eigenvalue weighted by molar-refractivity contribution is 0.332. The Hall–Kier alpha value is -6.36. The topological polar surface area (TPSA) is 133 Å². The fourth-order valence-electron chi connectivity index (χ4n) is 5.67. The van der Waals surface area contributed by atoms with Crippen LogP contribution in [0.15, 0.2) is 132 Å². The summed E-state index contributed by atoms with van der Waals surface area (Å²) < 4.78 is 11.9. The first-order valence-corrected chi connectivity index (χ1v) is 17.8. The van der Waals surface area contributed by atoms with Crippen LogP contribution in [0.3, 0.4) is 0 Å². The van der Waals surface area contributed by atoms with Gasteiger partial charge in [-0.1, -0.05) is 35.3 Å². The van der Waals surface area contributed by atoms with Crippen LogP contribution in [0.5, 0.6) is 23.0 Å². The molecule has 0 saturated carbocycles. The Morgan fingerprint density at radius 3 is 1.50 bits per heavy atom. The van der Waals surface area contributed by atoms with Crippen molar-refractivity contribution in [3.05, 3.63) is 143 Å². The van der Waals surface area contributed by atoms with Gasteiger partial charge >= 0.3 is 0 Å². The second-order valence-corrected chi connectivity index (χ2v) is 12.9. The minimum Gasteiger partial charge on any atom is -0.507 e. The summed E-state index contributed by atoms with van der Waals surface area (Å²) in [7, 11) is 0. The van der Waals surface area contributed by atoms with Crippen LogP contribution in [0.25, 0.3) is 21.8 Å². The predicted octanol–water partition coefficient (Wildman–Crippen LogP) is 9.98. The number of aromatic hydroxyl groups is 2. The van der Waals surface area contributed by atoms with Gasteiger partial charge in [-0.15, -0.1) is 0 Å². The summed E-state index contributed by atoms with van der Waals surface area (Å²) in [5.41, 5.74) is 5.58.